The molecule has 0 atom stereocenters. The first-order valence-electron chi connectivity index (χ1n) is 6.21. The lowest BCUT2D eigenvalue weighted by Crippen LogP contribution is -2.53. The van der Waals surface area contributed by atoms with Crippen LogP contribution in [-0.4, -0.2) is 61.6 Å². The summed E-state index contributed by atoms with van der Waals surface area (Å²) in [6.45, 7) is 1.94. The Bertz CT molecular complexity index is 438. The van der Waals surface area contributed by atoms with E-state index in [0.29, 0.717) is 12.1 Å². The summed E-state index contributed by atoms with van der Waals surface area (Å²) >= 11 is 2.03. The maximum Gasteiger partial charge on any atom is 0.358 e. The Morgan fingerprint density at radius 2 is 2.06 bits per heavy atom. The van der Waals surface area contributed by atoms with E-state index in [1.165, 1.54) is 30.5 Å². The van der Waals surface area contributed by atoms with Crippen LogP contribution in [0.3, 0.4) is 0 Å². The van der Waals surface area contributed by atoms with Gasteiger partial charge >= 0.3 is 5.97 Å². The van der Waals surface area contributed by atoms with E-state index in [1.54, 1.807) is 4.68 Å². The molecule has 0 unspecified atom stereocenters. The third-order valence-corrected chi connectivity index (χ3v) is 4.75. The van der Waals surface area contributed by atoms with Gasteiger partial charge in [0.2, 0.25) is 0 Å². The Labute approximate surface area is 109 Å². The lowest BCUT2D eigenvalue weighted by molar-refractivity contribution is 0.0479. The molecular weight excluding hydrogens is 252 g/mol. The molecule has 0 saturated carbocycles. The van der Waals surface area contributed by atoms with E-state index < -0.39 is 5.97 Å². The fraction of sp³-hybridized carbons (Fsp3) is 0.727. The average Bonchev–Trinajstić information content (AvgIpc) is 2.78. The van der Waals surface area contributed by atoms with Crippen LogP contribution in [0.1, 0.15) is 29.4 Å². The Hall–Kier alpha value is -1.08. The number of hydrogen-bond donors (Lipinski definition) is 1. The summed E-state index contributed by atoms with van der Waals surface area (Å²) in [4.78, 5) is 13.2. The van der Waals surface area contributed by atoms with Crippen LogP contribution < -0.4 is 0 Å². The zero-order valence-corrected chi connectivity index (χ0v) is 10.8. The Morgan fingerprint density at radius 1 is 1.33 bits per heavy atom. The minimum atomic E-state index is -1.01. The van der Waals surface area contributed by atoms with Gasteiger partial charge in [-0.1, -0.05) is 5.21 Å². The number of likely N-dealkylation sites (tertiary alicyclic amines) is 1. The summed E-state index contributed by atoms with van der Waals surface area (Å²) in [7, 11) is 0. The molecule has 2 fully saturated rings. The van der Waals surface area contributed by atoms with Gasteiger partial charge in [-0.2, -0.15) is 11.8 Å². The summed E-state index contributed by atoms with van der Waals surface area (Å²) in [5.41, 5.74) is 0.0301. The zero-order valence-electron chi connectivity index (χ0n) is 10.0. The highest BCUT2D eigenvalue weighted by Gasteiger charge is 2.34. The SMILES string of the molecule is O=C(O)c1cn(C2CN(C3CCSCC3)C2)nn1. The molecule has 7 heteroatoms. The van der Waals surface area contributed by atoms with Crippen molar-refractivity contribution in [2.45, 2.75) is 24.9 Å². The molecule has 0 bridgehead atoms. The van der Waals surface area contributed by atoms with Crippen molar-refractivity contribution in [2.75, 3.05) is 24.6 Å². The van der Waals surface area contributed by atoms with E-state index in [2.05, 4.69) is 15.2 Å². The molecule has 0 aromatic carbocycles. The third-order valence-electron chi connectivity index (χ3n) is 3.70. The van der Waals surface area contributed by atoms with Gasteiger partial charge in [-0.05, 0) is 24.3 Å². The first-order chi connectivity index (χ1) is 8.74. The van der Waals surface area contributed by atoms with E-state index in [1.807, 2.05) is 11.8 Å². The average molecular weight is 268 g/mol. The van der Waals surface area contributed by atoms with Gasteiger partial charge in [-0.15, -0.1) is 5.10 Å². The van der Waals surface area contributed by atoms with Crippen LogP contribution in [0, 0.1) is 0 Å². The van der Waals surface area contributed by atoms with Crippen LogP contribution in [0.15, 0.2) is 6.20 Å². The highest BCUT2D eigenvalue weighted by atomic mass is 32.2. The van der Waals surface area contributed by atoms with Crippen LogP contribution in [-0.2, 0) is 0 Å². The van der Waals surface area contributed by atoms with Gasteiger partial charge in [-0.3, -0.25) is 4.90 Å². The van der Waals surface area contributed by atoms with E-state index in [0.717, 1.165) is 13.1 Å². The predicted molar refractivity (Wildman–Crippen MR) is 67.9 cm³/mol. The quantitative estimate of drug-likeness (QED) is 0.871. The first kappa shape index (κ1) is 12.0. The maximum atomic E-state index is 10.7. The summed E-state index contributed by atoms with van der Waals surface area (Å²) in [5, 5.41) is 16.3. The summed E-state index contributed by atoms with van der Waals surface area (Å²) in [6, 6.07) is 1.00. The molecule has 2 saturated heterocycles. The van der Waals surface area contributed by atoms with Gasteiger partial charge in [0.05, 0.1) is 12.2 Å². The number of hydrogen-bond acceptors (Lipinski definition) is 5. The van der Waals surface area contributed by atoms with Crippen molar-refractivity contribution >= 4 is 17.7 Å². The third kappa shape index (κ3) is 2.24. The normalized spacial score (nSPS) is 22.9. The van der Waals surface area contributed by atoms with Crippen LogP contribution in [0.4, 0.5) is 0 Å². The summed E-state index contributed by atoms with van der Waals surface area (Å²) < 4.78 is 1.69. The van der Waals surface area contributed by atoms with Crippen molar-refractivity contribution in [2.24, 2.45) is 0 Å². The van der Waals surface area contributed by atoms with Gasteiger partial charge in [-0.25, -0.2) is 9.48 Å². The van der Waals surface area contributed by atoms with Gasteiger partial charge < -0.3 is 5.11 Å². The Balaban J connectivity index is 1.56. The van der Waals surface area contributed by atoms with Crippen molar-refractivity contribution in [1.82, 2.24) is 19.9 Å². The van der Waals surface area contributed by atoms with E-state index in [4.69, 9.17) is 5.11 Å². The zero-order chi connectivity index (χ0) is 12.5. The molecule has 1 aromatic rings. The smallest absolute Gasteiger partial charge is 0.358 e. The molecule has 0 amide bonds. The molecule has 2 aliphatic rings. The number of rotatable bonds is 3. The molecule has 6 nitrogen and oxygen atoms in total. The monoisotopic (exact) mass is 268 g/mol. The highest BCUT2D eigenvalue weighted by molar-refractivity contribution is 7.99. The molecular formula is C11H16N4O2S. The molecule has 3 rings (SSSR count). The molecule has 98 valence electrons. The fourth-order valence-electron chi connectivity index (χ4n) is 2.56. The Morgan fingerprint density at radius 3 is 2.67 bits per heavy atom. The van der Waals surface area contributed by atoms with Crippen LogP contribution in [0.2, 0.25) is 0 Å². The molecule has 0 spiro atoms. The second-order valence-corrected chi connectivity index (χ2v) is 6.06. The predicted octanol–water partition coefficient (Wildman–Crippen LogP) is 0.729. The maximum absolute atomic E-state index is 10.7. The number of thioether (sulfide) groups is 1. The Kier molecular flexibility index (Phi) is 3.25. The molecule has 1 aromatic heterocycles. The second-order valence-electron chi connectivity index (χ2n) is 4.84. The highest BCUT2D eigenvalue weighted by Crippen LogP contribution is 2.29. The number of aromatic carboxylic acids is 1. The van der Waals surface area contributed by atoms with Crippen LogP contribution >= 0.6 is 11.8 Å². The molecule has 2 aliphatic heterocycles. The number of carboxylic acids is 1. The number of nitrogens with zero attached hydrogens (tertiary/aromatic N) is 4. The van der Waals surface area contributed by atoms with Crippen LogP contribution in [0.5, 0.6) is 0 Å². The van der Waals surface area contributed by atoms with Gasteiger partial charge in [0.1, 0.15) is 0 Å². The van der Waals surface area contributed by atoms with Gasteiger partial charge in [0.25, 0.3) is 0 Å². The standard InChI is InChI=1S/C11H16N4O2S/c16-11(17)10-7-15(13-12-10)9-5-14(6-9)8-1-3-18-4-2-8/h7-9H,1-6H2,(H,16,17). The summed E-state index contributed by atoms with van der Waals surface area (Å²) in [5.74, 6) is 1.51. The largest absolute Gasteiger partial charge is 0.476 e. The minimum Gasteiger partial charge on any atom is -0.476 e. The molecule has 3 heterocycles. The van der Waals surface area contributed by atoms with Crippen molar-refractivity contribution in [3.05, 3.63) is 11.9 Å². The molecule has 18 heavy (non-hydrogen) atoms. The van der Waals surface area contributed by atoms with Crippen molar-refractivity contribution < 1.29 is 9.90 Å². The fourth-order valence-corrected chi connectivity index (χ4v) is 3.64. The summed E-state index contributed by atoms with van der Waals surface area (Å²) in [6.07, 6.45) is 4.07. The lowest BCUT2D eigenvalue weighted by atomic mass is 10.0. The van der Waals surface area contributed by atoms with E-state index in [9.17, 15) is 4.79 Å². The number of aromatic nitrogens is 3. The minimum absolute atomic E-state index is 0.0301. The van der Waals surface area contributed by atoms with Crippen molar-refractivity contribution in [3.8, 4) is 0 Å². The number of carbonyl (C=O) groups is 1. The van der Waals surface area contributed by atoms with Crippen LogP contribution in [0.25, 0.3) is 0 Å². The van der Waals surface area contributed by atoms with Gasteiger partial charge in [0, 0.05) is 19.1 Å². The number of carboxylic acid groups (broad SMARTS) is 1. The topological polar surface area (TPSA) is 71.2 Å². The lowest BCUT2D eigenvalue weighted by Gasteiger charge is -2.45. The van der Waals surface area contributed by atoms with Gasteiger partial charge in [0.15, 0.2) is 5.69 Å². The second kappa shape index (κ2) is 4.89. The molecule has 1 N–H and O–H groups in total. The van der Waals surface area contributed by atoms with E-state index >= 15 is 0 Å². The first-order valence-corrected chi connectivity index (χ1v) is 7.36. The van der Waals surface area contributed by atoms with Crippen molar-refractivity contribution in [1.29, 1.82) is 0 Å². The molecule has 0 aliphatic carbocycles. The van der Waals surface area contributed by atoms with Crippen molar-refractivity contribution in [3.63, 3.8) is 0 Å². The van der Waals surface area contributed by atoms with E-state index in [-0.39, 0.29) is 5.69 Å². The molecule has 0 radical (unpaired) electrons.